The Morgan fingerprint density at radius 2 is 1.89 bits per heavy atom. The van der Waals surface area contributed by atoms with Crippen LogP contribution >= 0.6 is 11.6 Å². The maximum Gasteiger partial charge on any atom is 0.121 e. The largest absolute Gasteiger partial charge is 0.496 e. The molecule has 0 amide bonds. The average Bonchev–Trinajstić information content (AvgIpc) is 2.38. The molecule has 0 atom stereocenters. The highest BCUT2D eigenvalue weighted by Crippen LogP contribution is 2.26. The van der Waals surface area contributed by atoms with Crippen LogP contribution in [0.2, 0.25) is 5.02 Å². The Balaban J connectivity index is 2.13. The van der Waals surface area contributed by atoms with Gasteiger partial charge < -0.3 is 10.1 Å². The van der Waals surface area contributed by atoms with E-state index in [0.717, 1.165) is 34.1 Å². The second-order valence-corrected chi connectivity index (χ2v) is 5.00. The lowest BCUT2D eigenvalue weighted by Crippen LogP contribution is -2.02. The fourth-order valence-corrected chi connectivity index (χ4v) is 2.39. The molecule has 1 N–H and O–H groups in total. The van der Waals surface area contributed by atoms with Crippen LogP contribution in [0.15, 0.2) is 36.4 Å². The third-order valence-corrected chi connectivity index (χ3v) is 3.47. The highest BCUT2D eigenvalue weighted by Gasteiger charge is 2.04. The number of methoxy groups -OCH3 is 1. The Hall–Kier alpha value is -1.67. The average molecular weight is 276 g/mol. The van der Waals surface area contributed by atoms with E-state index in [1.165, 1.54) is 5.56 Å². The van der Waals surface area contributed by atoms with Crippen LogP contribution < -0.4 is 10.1 Å². The Morgan fingerprint density at radius 3 is 2.53 bits per heavy atom. The van der Waals surface area contributed by atoms with Crippen LogP contribution in [0.5, 0.6) is 5.75 Å². The number of aryl methyl sites for hydroxylation is 2. The van der Waals surface area contributed by atoms with Crippen molar-refractivity contribution in [3.8, 4) is 5.75 Å². The smallest absolute Gasteiger partial charge is 0.121 e. The van der Waals surface area contributed by atoms with Crippen LogP contribution in [-0.2, 0) is 6.54 Å². The number of hydrogen-bond donors (Lipinski definition) is 1. The molecule has 0 fully saturated rings. The molecule has 2 rings (SSSR count). The summed E-state index contributed by atoms with van der Waals surface area (Å²) in [6.07, 6.45) is 0. The van der Waals surface area contributed by atoms with Gasteiger partial charge in [0.25, 0.3) is 0 Å². The van der Waals surface area contributed by atoms with Gasteiger partial charge in [-0.25, -0.2) is 0 Å². The number of benzene rings is 2. The lowest BCUT2D eigenvalue weighted by atomic mass is 10.1. The monoisotopic (exact) mass is 275 g/mol. The molecule has 0 aliphatic carbocycles. The second kappa shape index (κ2) is 5.98. The van der Waals surface area contributed by atoms with Gasteiger partial charge in [-0.15, -0.1) is 0 Å². The SMILES string of the molecule is COc1ccc(CNc2c(C)cccc2Cl)cc1C. The molecule has 0 radical (unpaired) electrons. The summed E-state index contributed by atoms with van der Waals surface area (Å²) >= 11 is 6.19. The third-order valence-electron chi connectivity index (χ3n) is 3.15. The number of rotatable bonds is 4. The molecule has 0 spiro atoms. The fourth-order valence-electron chi connectivity index (χ4n) is 2.10. The zero-order valence-corrected chi connectivity index (χ0v) is 12.2. The molecule has 19 heavy (non-hydrogen) atoms. The summed E-state index contributed by atoms with van der Waals surface area (Å²) in [5.74, 6) is 0.915. The normalized spacial score (nSPS) is 10.3. The Morgan fingerprint density at radius 1 is 1.11 bits per heavy atom. The summed E-state index contributed by atoms with van der Waals surface area (Å²) in [4.78, 5) is 0. The number of para-hydroxylation sites is 1. The standard InChI is InChI=1S/C16H18ClNO/c1-11-5-4-6-14(17)16(11)18-10-13-7-8-15(19-3)12(2)9-13/h4-9,18H,10H2,1-3H3. The van der Waals surface area contributed by atoms with Crippen LogP contribution in [0.4, 0.5) is 5.69 Å². The molecule has 2 nitrogen and oxygen atoms in total. The number of anilines is 1. The van der Waals surface area contributed by atoms with Gasteiger partial charge in [-0.1, -0.05) is 35.9 Å². The van der Waals surface area contributed by atoms with E-state index >= 15 is 0 Å². The van der Waals surface area contributed by atoms with E-state index in [1.54, 1.807) is 7.11 Å². The van der Waals surface area contributed by atoms with Crippen molar-refractivity contribution >= 4 is 17.3 Å². The Kier molecular flexibility index (Phi) is 4.33. The van der Waals surface area contributed by atoms with E-state index in [4.69, 9.17) is 16.3 Å². The van der Waals surface area contributed by atoms with E-state index < -0.39 is 0 Å². The molecule has 0 aliphatic rings. The van der Waals surface area contributed by atoms with Crippen molar-refractivity contribution in [1.29, 1.82) is 0 Å². The van der Waals surface area contributed by atoms with Gasteiger partial charge in [0.05, 0.1) is 17.8 Å². The van der Waals surface area contributed by atoms with Crippen LogP contribution in [-0.4, -0.2) is 7.11 Å². The number of nitrogens with one attached hydrogen (secondary N) is 1. The van der Waals surface area contributed by atoms with Crippen molar-refractivity contribution in [2.24, 2.45) is 0 Å². The van der Waals surface area contributed by atoms with Gasteiger partial charge >= 0.3 is 0 Å². The summed E-state index contributed by atoms with van der Waals surface area (Å²) in [6, 6.07) is 12.1. The van der Waals surface area contributed by atoms with Crippen molar-refractivity contribution in [3.05, 3.63) is 58.1 Å². The molecule has 0 heterocycles. The number of halogens is 1. The zero-order chi connectivity index (χ0) is 13.8. The van der Waals surface area contributed by atoms with Gasteiger partial charge in [0.1, 0.15) is 5.75 Å². The molecule has 0 aliphatic heterocycles. The van der Waals surface area contributed by atoms with E-state index in [2.05, 4.69) is 17.4 Å². The molecule has 0 aromatic heterocycles. The fraction of sp³-hybridized carbons (Fsp3) is 0.250. The second-order valence-electron chi connectivity index (χ2n) is 4.59. The first-order chi connectivity index (χ1) is 9.11. The summed E-state index contributed by atoms with van der Waals surface area (Å²) < 4.78 is 5.26. The van der Waals surface area contributed by atoms with Gasteiger partial charge in [0, 0.05) is 6.54 Å². The third kappa shape index (κ3) is 3.21. The molecular weight excluding hydrogens is 258 g/mol. The lowest BCUT2D eigenvalue weighted by molar-refractivity contribution is 0.411. The van der Waals surface area contributed by atoms with Gasteiger partial charge in [0.2, 0.25) is 0 Å². The summed E-state index contributed by atoms with van der Waals surface area (Å²) in [5, 5.41) is 4.14. The first-order valence-corrected chi connectivity index (χ1v) is 6.62. The van der Waals surface area contributed by atoms with Crippen LogP contribution in [0.25, 0.3) is 0 Å². The summed E-state index contributed by atoms with van der Waals surface area (Å²) in [7, 11) is 1.69. The predicted molar refractivity (Wildman–Crippen MR) is 81.2 cm³/mol. The topological polar surface area (TPSA) is 21.3 Å². The highest BCUT2D eigenvalue weighted by atomic mass is 35.5. The molecule has 2 aromatic carbocycles. The quantitative estimate of drug-likeness (QED) is 0.882. The Bertz CT molecular complexity index is 561. The maximum absolute atomic E-state index is 6.19. The van der Waals surface area contributed by atoms with E-state index in [0.29, 0.717) is 0 Å². The molecule has 0 saturated carbocycles. The molecule has 100 valence electrons. The number of hydrogen-bond acceptors (Lipinski definition) is 2. The predicted octanol–water partition coefficient (Wildman–Crippen LogP) is 4.58. The van der Waals surface area contributed by atoms with Crippen molar-refractivity contribution in [3.63, 3.8) is 0 Å². The Labute approximate surface area is 119 Å². The van der Waals surface area contributed by atoms with Crippen molar-refractivity contribution in [2.45, 2.75) is 20.4 Å². The van der Waals surface area contributed by atoms with Crippen LogP contribution in [0.3, 0.4) is 0 Å². The van der Waals surface area contributed by atoms with Crippen LogP contribution in [0, 0.1) is 13.8 Å². The number of ether oxygens (including phenoxy) is 1. The molecule has 0 unspecified atom stereocenters. The molecule has 2 aromatic rings. The highest BCUT2D eigenvalue weighted by molar-refractivity contribution is 6.33. The van der Waals surface area contributed by atoms with Crippen molar-refractivity contribution in [1.82, 2.24) is 0 Å². The molecule has 0 bridgehead atoms. The van der Waals surface area contributed by atoms with Crippen molar-refractivity contribution < 1.29 is 4.74 Å². The minimum atomic E-state index is 0.745. The summed E-state index contributed by atoms with van der Waals surface area (Å²) in [6.45, 7) is 4.84. The van der Waals surface area contributed by atoms with Crippen molar-refractivity contribution in [2.75, 3.05) is 12.4 Å². The lowest BCUT2D eigenvalue weighted by Gasteiger charge is -2.12. The molecule has 0 saturated heterocycles. The van der Waals surface area contributed by atoms with Gasteiger partial charge in [-0.3, -0.25) is 0 Å². The van der Waals surface area contributed by atoms with E-state index in [9.17, 15) is 0 Å². The van der Waals surface area contributed by atoms with E-state index in [1.807, 2.05) is 38.1 Å². The molecular formula is C16H18ClNO. The zero-order valence-electron chi connectivity index (χ0n) is 11.5. The first kappa shape index (κ1) is 13.8. The maximum atomic E-state index is 6.19. The van der Waals surface area contributed by atoms with Gasteiger partial charge in [-0.2, -0.15) is 0 Å². The van der Waals surface area contributed by atoms with Gasteiger partial charge in [-0.05, 0) is 42.7 Å². The molecule has 3 heteroatoms. The van der Waals surface area contributed by atoms with E-state index in [-0.39, 0.29) is 0 Å². The van der Waals surface area contributed by atoms with Gasteiger partial charge in [0.15, 0.2) is 0 Å². The van der Waals surface area contributed by atoms with Crippen LogP contribution in [0.1, 0.15) is 16.7 Å². The summed E-state index contributed by atoms with van der Waals surface area (Å²) in [5.41, 5.74) is 4.49. The minimum Gasteiger partial charge on any atom is -0.496 e. The first-order valence-electron chi connectivity index (χ1n) is 6.24. The minimum absolute atomic E-state index is 0.745.